The molecule has 0 saturated carbocycles. The third-order valence-electron chi connectivity index (χ3n) is 5.10. The molecule has 2 unspecified atom stereocenters. The molecule has 7 heteroatoms. The van der Waals surface area contributed by atoms with Gasteiger partial charge in [0.25, 0.3) is 5.91 Å². The third-order valence-corrected chi connectivity index (χ3v) is 5.34. The SMILES string of the molecule is CCC(N(CC)CC)N1C(=O)NC(Cc2c[nH]c3ccc(Cl)cc23)C1=O. The second-order valence-corrected chi connectivity index (χ2v) is 6.96. The molecule has 1 saturated heterocycles. The molecule has 3 amide bonds. The minimum atomic E-state index is -0.551. The first-order chi connectivity index (χ1) is 12.5. The summed E-state index contributed by atoms with van der Waals surface area (Å²) in [5.74, 6) is -0.162. The van der Waals surface area contributed by atoms with Crippen LogP contribution in [0.3, 0.4) is 0 Å². The van der Waals surface area contributed by atoms with Gasteiger partial charge in [-0.05, 0) is 43.3 Å². The van der Waals surface area contributed by atoms with Crippen LogP contribution in [0, 0.1) is 0 Å². The Morgan fingerprint density at radius 1 is 1.23 bits per heavy atom. The molecule has 0 spiro atoms. The highest BCUT2D eigenvalue weighted by Crippen LogP contribution is 2.25. The van der Waals surface area contributed by atoms with E-state index in [0.29, 0.717) is 17.9 Å². The Kier molecular flexibility index (Phi) is 5.53. The van der Waals surface area contributed by atoms with Crippen molar-refractivity contribution in [2.45, 2.75) is 45.8 Å². The van der Waals surface area contributed by atoms with E-state index >= 15 is 0 Å². The maximum Gasteiger partial charge on any atom is 0.326 e. The van der Waals surface area contributed by atoms with Gasteiger partial charge >= 0.3 is 6.03 Å². The van der Waals surface area contributed by atoms with Crippen molar-refractivity contribution in [3.05, 3.63) is 35.0 Å². The Bertz CT molecular complexity index is 815. The van der Waals surface area contributed by atoms with Crippen molar-refractivity contribution < 1.29 is 9.59 Å². The minimum absolute atomic E-state index is 0.162. The fraction of sp³-hybridized carbons (Fsp3) is 0.474. The second kappa shape index (κ2) is 7.68. The molecule has 2 aromatic rings. The molecule has 140 valence electrons. The number of nitrogens with zero attached hydrogens (tertiary/aromatic N) is 2. The first-order valence-corrected chi connectivity index (χ1v) is 9.51. The Hall–Kier alpha value is -2.05. The zero-order valence-corrected chi connectivity index (χ0v) is 16.1. The molecular formula is C19H25ClN4O2. The largest absolute Gasteiger partial charge is 0.361 e. The third kappa shape index (κ3) is 3.31. The number of nitrogens with one attached hydrogen (secondary N) is 2. The van der Waals surface area contributed by atoms with E-state index < -0.39 is 6.04 Å². The van der Waals surface area contributed by atoms with Gasteiger partial charge in [-0.25, -0.2) is 9.69 Å². The quantitative estimate of drug-likeness (QED) is 0.728. The van der Waals surface area contributed by atoms with Crippen LogP contribution in [0.5, 0.6) is 0 Å². The molecule has 0 bridgehead atoms. The first kappa shape index (κ1) is 18.7. The Morgan fingerprint density at radius 3 is 2.62 bits per heavy atom. The predicted molar refractivity (Wildman–Crippen MR) is 103 cm³/mol. The van der Waals surface area contributed by atoms with E-state index in [4.69, 9.17) is 11.6 Å². The molecule has 1 aliphatic rings. The zero-order chi connectivity index (χ0) is 18.8. The Labute approximate surface area is 158 Å². The van der Waals surface area contributed by atoms with Gasteiger partial charge in [-0.3, -0.25) is 9.69 Å². The molecule has 1 aliphatic heterocycles. The number of fused-ring (bicyclic) bond motifs is 1. The lowest BCUT2D eigenvalue weighted by molar-refractivity contribution is -0.132. The summed E-state index contributed by atoms with van der Waals surface area (Å²) < 4.78 is 0. The van der Waals surface area contributed by atoms with Gasteiger partial charge in [-0.15, -0.1) is 0 Å². The average Bonchev–Trinajstić information content (AvgIpc) is 3.14. The normalized spacial score (nSPS) is 18.8. The number of urea groups is 1. The van der Waals surface area contributed by atoms with E-state index in [-0.39, 0.29) is 18.1 Å². The Morgan fingerprint density at radius 2 is 1.96 bits per heavy atom. The number of aromatic amines is 1. The van der Waals surface area contributed by atoms with Crippen LogP contribution < -0.4 is 5.32 Å². The van der Waals surface area contributed by atoms with Gasteiger partial charge in [0.2, 0.25) is 0 Å². The van der Waals surface area contributed by atoms with Crippen molar-refractivity contribution in [1.29, 1.82) is 0 Å². The van der Waals surface area contributed by atoms with Crippen LogP contribution in [0.2, 0.25) is 5.02 Å². The number of aromatic nitrogens is 1. The number of benzene rings is 1. The van der Waals surface area contributed by atoms with Crippen LogP contribution in [0.15, 0.2) is 24.4 Å². The molecule has 26 heavy (non-hydrogen) atoms. The van der Waals surface area contributed by atoms with Gasteiger partial charge in [0.05, 0.1) is 6.17 Å². The molecule has 0 aliphatic carbocycles. The van der Waals surface area contributed by atoms with Crippen LogP contribution >= 0.6 is 11.6 Å². The molecule has 1 aromatic carbocycles. The Balaban J connectivity index is 1.83. The van der Waals surface area contributed by atoms with E-state index in [0.717, 1.165) is 29.6 Å². The van der Waals surface area contributed by atoms with E-state index in [9.17, 15) is 9.59 Å². The summed E-state index contributed by atoms with van der Waals surface area (Å²) in [7, 11) is 0. The summed E-state index contributed by atoms with van der Waals surface area (Å²) in [6.45, 7) is 7.66. The highest BCUT2D eigenvalue weighted by atomic mass is 35.5. The van der Waals surface area contributed by atoms with E-state index in [1.807, 2.05) is 45.2 Å². The topological polar surface area (TPSA) is 68.4 Å². The second-order valence-electron chi connectivity index (χ2n) is 6.53. The predicted octanol–water partition coefficient (Wildman–Crippen LogP) is 3.36. The van der Waals surface area contributed by atoms with Crippen LogP contribution in [0.4, 0.5) is 4.79 Å². The summed E-state index contributed by atoms with van der Waals surface area (Å²) in [5, 5.41) is 4.48. The molecule has 1 aromatic heterocycles. The number of carbonyl (C=O) groups excluding carboxylic acids is 2. The number of amides is 3. The number of carbonyl (C=O) groups is 2. The minimum Gasteiger partial charge on any atom is -0.361 e. The van der Waals surface area contributed by atoms with Crippen molar-refractivity contribution in [1.82, 2.24) is 20.1 Å². The van der Waals surface area contributed by atoms with E-state index in [1.165, 1.54) is 4.90 Å². The maximum absolute atomic E-state index is 13.0. The molecule has 6 nitrogen and oxygen atoms in total. The van der Waals surface area contributed by atoms with Crippen LogP contribution in [0.1, 0.15) is 32.8 Å². The average molecular weight is 377 g/mol. The van der Waals surface area contributed by atoms with Crippen molar-refractivity contribution >= 4 is 34.4 Å². The zero-order valence-electron chi connectivity index (χ0n) is 15.4. The van der Waals surface area contributed by atoms with Crippen LogP contribution in [-0.2, 0) is 11.2 Å². The number of hydrogen-bond donors (Lipinski definition) is 2. The molecule has 2 atom stereocenters. The van der Waals surface area contributed by atoms with Gasteiger partial charge in [0.15, 0.2) is 0 Å². The summed E-state index contributed by atoms with van der Waals surface area (Å²) in [4.78, 5) is 32.2. The summed E-state index contributed by atoms with van der Waals surface area (Å²) in [6.07, 6.45) is 2.82. The molecule has 1 fully saturated rings. The summed E-state index contributed by atoms with van der Waals surface area (Å²) in [6, 6.07) is 4.76. The van der Waals surface area contributed by atoms with Crippen LogP contribution in [-0.4, -0.2) is 52.0 Å². The van der Waals surface area contributed by atoms with Gasteiger partial charge in [-0.1, -0.05) is 32.4 Å². The maximum atomic E-state index is 13.0. The lowest BCUT2D eigenvalue weighted by atomic mass is 10.0. The van der Waals surface area contributed by atoms with Crippen molar-refractivity contribution in [2.24, 2.45) is 0 Å². The van der Waals surface area contributed by atoms with Crippen LogP contribution in [0.25, 0.3) is 10.9 Å². The van der Waals surface area contributed by atoms with E-state index in [2.05, 4.69) is 15.2 Å². The van der Waals surface area contributed by atoms with Crippen molar-refractivity contribution in [3.63, 3.8) is 0 Å². The molecule has 2 N–H and O–H groups in total. The smallest absolute Gasteiger partial charge is 0.326 e. The molecule has 0 radical (unpaired) electrons. The highest BCUT2D eigenvalue weighted by molar-refractivity contribution is 6.31. The highest BCUT2D eigenvalue weighted by Gasteiger charge is 2.43. The lowest BCUT2D eigenvalue weighted by Gasteiger charge is -2.34. The standard InChI is InChI=1S/C19H25ClN4O2/c1-4-17(23(5-2)6-3)24-18(25)16(22-19(24)26)9-12-11-21-15-8-7-13(20)10-14(12)15/h7-8,10-11,16-17,21H,4-6,9H2,1-3H3,(H,22,26). The summed E-state index contributed by atoms with van der Waals surface area (Å²) >= 11 is 6.10. The number of hydrogen-bond acceptors (Lipinski definition) is 3. The number of imide groups is 1. The van der Waals surface area contributed by atoms with Crippen molar-refractivity contribution in [2.75, 3.05) is 13.1 Å². The fourth-order valence-electron chi connectivity index (χ4n) is 3.76. The molecular weight excluding hydrogens is 352 g/mol. The van der Waals surface area contributed by atoms with Gasteiger partial charge in [0.1, 0.15) is 6.04 Å². The first-order valence-electron chi connectivity index (χ1n) is 9.13. The number of H-pyrrole nitrogens is 1. The van der Waals surface area contributed by atoms with Gasteiger partial charge in [-0.2, -0.15) is 0 Å². The molecule has 2 heterocycles. The lowest BCUT2D eigenvalue weighted by Crippen LogP contribution is -2.51. The van der Waals surface area contributed by atoms with E-state index in [1.54, 1.807) is 0 Å². The number of rotatable bonds is 7. The number of halogens is 1. The monoisotopic (exact) mass is 376 g/mol. The molecule has 3 rings (SSSR count). The summed E-state index contributed by atoms with van der Waals surface area (Å²) in [5.41, 5.74) is 1.94. The van der Waals surface area contributed by atoms with Crippen molar-refractivity contribution in [3.8, 4) is 0 Å². The van der Waals surface area contributed by atoms with Gasteiger partial charge in [0, 0.05) is 28.5 Å². The van der Waals surface area contributed by atoms with Gasteiger partial charge < -0.3 is 10.3 Å². The fourth-order valence-corrected chi connectivity index (χ4v) is 3.93.